The van der Waals surface area contributed by atoms with Crippen molar-refractivity contribution in [2.24, 2.45) is 0 Å². The van der Waals surface area contributed by atoms with Gasteiger partial charge in [-0.05, 0) is 13.8 Å². The molecule has 0 rings (SSSR count). The summed E-state index contributed by atoms with van der Waals surface area (Å²) >= 11 is 0. The second-order valence-corrected chi connectivity index (χ2v) is 0.908. The Balaban J connectivity index is 2.80. The maximum absolute atomic E-state index is 9.44. The maximum Gasteiger partial charge on any atom is 0.126 e. The molecule has 0 aromatic heterocycles. The topological polar surface area (TPSA) is 17.1 Å². The molecule has 0 aliphatic rings. The summed E-state index contributed by atoms with van der Waals surface area (Å²) in [5.74, 6) is 0.167. The molecule has 0 aromatic rings. The lowest BCUT2D eigenvalue weighted by atomic mass is 10.9. The van der Waals surface area contributed by atoms with Gasteiger partial charge in [0.05, 0.1) is 0 Å². The molecule has 1 heteroatoms. The third-order valence-corrected chi connectivity index (χ3v) is 0. The highest BCUT2D eigenvalue weighted by Crippen LogP contribution is 1.50. The van der Waals surface area contributed by atoms with Gasteiger partial charge in [-0.25, -0.2) is 0 Å². The van der Waals surface area contributed by atoms with Crippen LogP contribution in [0.1, 0.15) is 13.8 Å². The van der Waals surface area contributed by atoms with E-state index in [1.165, 1.54) is 13.8 Å². The highest BCUT2D eigenvalue weighted by molar-refractivity contribution is 5.72. The number of rotatable bonds is 0. The van der Waals surface area contributed by atoms with Crippen molar-refractivity contribution in [3.63, 3.8) is 0 Å². The summed E-state index contributed by atoms with van der Waals surface area (Å²) in [5, 5.41) is 0. The average molecular weight is 66.1 g/mol. The van der Waals surface area contributed by atoms with Gasteiger partial charge in [0.15, 0.2) is 0 Å². The molecule has 0 aliphatic heterocycles. The Bertz CT molecular complexity index is 26.3. The maximum atomic E-state index is 9.44. The molecule has 0 atom stereocenters. The van der Waals surface area contributed by atoms with Crippen LogP contribution in [0.25, 0.3) is 0 Å². The molecule has 0 unspecified atom stereocenters. The summed E-state index contributed by atoms with van der Waals surface area (Å²) < 4.78 is 0. The van der Waals surface area contributed by atoms with Gasteiger partial charge in [-0.2, -0.15) is 0 Å². The molecule has 0 spiro atoms. The first kappa shape index (κ1) is 3.67. The highest BCUT2D eigenvalue weighted by Gasteiger charge is 1.62. The van der Waals surface area contributed by atoms with E-state index in [9.17, 15) is 4.79 Å². The molecular weight excluding hydrogens is 60.1 g/mol. The van der Waals surface area contributed by atoms with Crippen LogP contribution in [0.2, 0.25) is 0 Å². The Hall–Kier alpha value is -0.330. The number of carbonyl (C=O) groups is 1. The molecule has 0 aromatic carbocycles. The van der Waals surface area contributed by atoms with E-state index in [1.807, 2.05) is 0 Å². The van der Waals surface area contributed by atoms with Crippen molar-refractivity contribution in [2.75, 3.05) is 0 Å². The second kappa shape index (κ2) is 1.04. The van der Waals surface area contributed by atoms with Crippen LogP contribution in [0.15, 0.2) is 0 Å². The van der Waals surface area contributed by atoms with Crippen LogP contribution in [-0.2, 0) is 4.79 Å². The summed E-state index contributed by atoms with van der Waals surface area (Å²) in [4.78, 5) is 9.44. The van der Waals surface area contributed by atoms with E-state index >= 15 is 0 Å². The lowest BCUT2D eigenvalue weighted by Crippen LogP contribution is -1.69. The Morgan fingerprint density at radius 2 is 2.00 bits per heavy atom. The lowest BCUT2D eigenvalue weighted by molar-refractivity contribution is -0.114. The molecular formula is C3H6O. The first-order valence-corrected chi connectivity index (χ1v) is 1.20. The quantitative estimate of drug-likeness (QED) is 0.404. The van der Waals surface area contributed by atoms with E-state index in [0.717, 1.165) is 0 Å². The van der Waals surface area contributed by atoms with Crippen molar-refractivity contribution in [1.29, 1.82) is 0 Å². The SMILES string of the molecule is CC([20CH3])=O. The van der Waals surface area contributed by atoms with Gasteiger partial charge in [0.25, 0.3) is 0 Å². The molecule has 4 heavy (non-hydrogen) atoms. The fourth-order valence-electron chi connectivity index (χ4n) is 0. The fourth-order valence-corrected chi connectivity index (χ4v) is 0. The predicted octanol–water partition coefficient (Wildman–Crippen LogP) is 0.595. The summed E-state index contributed by atoms with van der Waals surface area (Å²) in [5.41, 5.74) is 0. The standard InChI is InChI=1S/C3H6O/c1-3(2)4/h1-2H3/i1+8. The molecule has 0 bridgehead atoms. The van der Waals surface area contributed by atoms with E-state index < -0.39 is 0 Å². The molecule has 0 amide bonds. The third-order valence-electron chi connectivity index (χ3n) is 0. The molecule has 0 saturated heterocycles. The number of carbonyl (C=O) groups excluding carboxylic acids is 1. The minimum absolute atomic E-state index is 0.167. The fraction of sp³-hybridized carbons (Fsp3) is 0.667. The van der Waals surface area contributed by atoms with Crippen LogP contribution in [0.4, 0.5) is 0 Å². The molecule has 0 aliphatic carbocycles. The van der Waals surface area contributed by atoms with Crippen molar-refractivity contribution in [3.05, 3.63) is 0 Å². The number of Topliss-reactive ketones (excluding diaryl/α,β-unsaturated/α-hetero) is 1. The van der Waals surface area contributed by atoms with Gasteiger partial charge in [0.2, 0.25) is 0 Å². The Morgan fingerprint density at radius 3 is 2.00 bits per heavy atom. The van der Waals surface area contributed by atoms with Gasteiger partial charge in [-0.15, -0.1) is 0 Å². The summed E-state index contributed by atoms with van der Waals surface area (Å²) in [6.07, 6.45) is 0. The summed E-state index contributed by atoms with van der Waals surface area (Å²) in [6, 6.07) is 0. The Labute approximate surface area is 25.6 Å². The van der Waals surface area contributed by atoms with Gasteiger partial charge in [-0.3, -0.25) is 0 Å². The highest BCUT2D eigenvalue weighted by atomic mass is 20.2. The first-order valence-electron chi connectivity index (χ1n) is 1.20. The van der Waals surface area contributed by atoms with Crippen LogP contribution in [0.3, 0.4) is 0 Å². The monoisotopic (exact) mass is 66.1 g/mol. The molecule has 1 nitrogen and oxygen atoms in total. The molecule has 0 N–H and O–H groups in total. The zero-order chi connectivity index (χ0) is 3.58. The molecule has 0 radical (unpaired) electrons. The van der Waals surface area contributed by atoms with Crippen molar-refractivity contribution in [2.45, 2.75) is 13.8 Å². The van der Waals surface area contributed by atoms with Crippen LogP contribution in [0, 0.1) is 0 Å². The minimum Gasteiger partial charge on any atom is -0.300 e. The van der Waals surface area contributed by atoms with E-state index in [1.54, 1.807) is 0 Å². The summed E-state index contributed by atoms with van der Waals surface area (Å²) in [7, 11) is 0. The van der Waals surface area contributed by atoms with E-state index in [4.69, 9.17) is 0 Å². The van der Waals surface area contributed by atoms with Gasteiger partial charge in [-0.1, -0.05) is 0 Å². The normalized spacial score (nSPS) is 6.50. The van der Waals surface area contributed by atoms with Crippen LogP contribution < -0.4 is 0 Å². The van der Waals surface area contributed by atoms with Crippen LogP contribution in [0.5, 0.6) is 0 Å². The van der Waals surface area contributed by atoms with E-state index in [2.05, 4.69) is 0 Å². The largest absolute Gasteiger partial charge is 0.300 e. The zero-order valence-electron chi connectivity index (χ0n) is 2.91. The minimum atomic E-state index is 0.167. The lowest BCUT2D eigenvalue weighted by Gasteiger charge is -1.56. The van der Waals surface area contributed by atoms with Gasteiger partial charge in [0.1, 0.15) is 5.78 Å². The second-order valence-electron chi connectivity index (χ2n) is 0.908. The van der Waals surface area contributed by atoms with Crippen molar-refractivity contribution in [1.82, 2.24) is 0 Å². The van der Waals surface area contributed by atoms with Crippen LogP contribution in [-0.4, -0.2) is 5.78 Å². The molecule has 0 fully saturated rings. The molecule has 0 saturated carbocycles. The smallest absolute Gasteiger partial charge is 0.126 e. The molecule has 0 heterocycles. The zero-order valence-corrected chi connectivity index (χ0v) is 2.91. The van der Waals surface area contributed by atoms with Gasteiger partial charge >= 0.3 is 0 Å². The van der Waals surface area contributed by atoms with Gasteiger partial charge in [0, 0.05) is 0 Å². The van der Waals surface area contributed by atoms with Crippen LogP contribution >= 0.6 is 0 Å². The van der Waals surface area contributed by atoms with Crippen molar-refractivity contribution in [3.8, 4) is 0 Å². The average Bonchev–Trinajstić information content (AvgIpc) is 0.811. The Kier molecular flexibility index (Phi) is 0.958. The van der Waals surface area contributed by atoms with E-state index in [-0.39, 0.29) is 5.78 Å². The van der Waals surface area contributed by atoms with E-state index in [0.29, 0.717) is 0 Å². The summed E-state index contributed by atoms with van der Waals surface area (Å²) in [6.45, 7) is 3.06. The number of ketones is 1. The Morgan fingerprint density at radius 1 is 2.00 bits per heavy atom. The van der Waals surface area contributed by atoms with Gasteiger partial charge < -0.3 is 4.79 Å². The number of hydrogen-bond acceptors (Lipinski definition) is 1. The first-order chi connectivity index (χ1) is 1.73. The van der Waals surface area contributed by atoms with Crippen molar-refractivity contribution < 1.29 is 4.79 Å². The third kappa shape index (κ3) is 6.88. The predicted molar refractivity (Wildman–Crippen MR) is 16.4 cm³/mol. The number of hydrogen-bond donors (Lipinski definition) is 0. The molecule has 24 valence electrons. The van der Waals surface area contributed by atoms with Crippen molar-refractivity contribution >= 4 is 5.78 Å².